The Morgan fingerprint density at radius 3 is 2.47 bits per heavy atom. The van der Waals surface area contributed by atoms with Crippen LogP contribution in [0.25, 0.3) is 11.3 Å². The van der Waals surface area contributed by atoms with Gasteiger partial charge < -0.3 is 14.2 Å². The highest BCUT2D eigenvalue weighted by molar-refractivity contribution is 5.67. The van der Waals surface area contributed by atoms with Crippen LogP contribution in [0.5, 0.6) is 23.3 Å². The third-order valence-electron chi connectivity index (χ3n) is 6.07. The van der Waals surface area contributed by atoms with Crippen LogP contribution in [-0.4, -0.2) is 43.6 Å². The predicted octanol–water partition coefficient (Wildman–Crippen LogP) is 4.23. The summed E-state index contributed by atoms with van der Waals surface area (Å²) < 4.78 is 21.0. The molecule has 0 bridgehead atoms. The lowest BCUT2D eigenvalue weighted by atomic mass is 9.84. The highest BCUT2D eigenvalue weighted by Gasteiger charge is 2.38. The molecule has 5 aromatic rings. The minimum Gasteiger partial charge on any atom is -0.493 e. The molecule has 1 aliphatic heterocycles. The SMILES string of the molecule is COc1ccc(C2c3c(C)nn(-c4ccccc4)c3Oc3ncn4nc(C)nc4c32)cc1OC. The number of aryl methyl sites for hydroxylation is 2. The van der Waals surface area contributed by atoms with E-state index in [0.29, 0.717) is 34.7 Å². The van der Waals surface area contributed by atoms with Crippen LogP contribution in [0.15, 0.2) is 54.9 Å². The number of aromatic nitrogens is 6. The molecular formula is C25H22N6O3. The van der Waals surface area contributed by atoms with Gasteiger partial charge >= 0.3 is 0 Å². The lowest BCUT2D eigenvalue weighted by molar-refractivity contribution is 0.354. The van der Waals surface area contributed by atoms with Gasteiger partial charge in [-0.05, 0) is 43.7 Å². The summed E-state index contributed by atoms with van der Waals surface area (Å²) >= 11 is 0. The van der Waals surface area contributed by atoms with Crippen molar-refractivity contribution >= 4 is 5.65 Å². The monoisotopic (exact) mass is 454 g/mol. The summed E-state index contributed by atoms with van der Waals surface area (Å²) in [5.41, 5.74) is 5.20. The highest BCUT2D eigenvalue weighted by Crippen LogP contribution is 2.50. The average molecular weight is 454 g/mol. The van der Waals surface area contributed by atoms with Crippen molar-refractivity contribution in [1.82, 2.24) is 29.4 Å². The molecule has 170 valence electrons. The Kier molecular flexibility index (Phi) is 4.51. The van der Waals surface area contributed by atoms with Gasteiger partial charge in [-0.1, -0.05) is 24.3 Å². The van der Waals surface area contributed by atoms with Gasteiger partial charge in [-0.15, -0.1) is 0 Å². The predicted molar refractivity (Wildman–Crippen MR) is 124 cm³/mol. The second kappa shape index (κ2) is 7.58. The Hall–Kier alpha value is -4.40. The fourth-order valence-electron chi connectivity index (χ4n) is 4.59. The second-order valence-electron chi connectivity index (χ2n) is 8.09. The Morgan fingerprint density at radius 1 is 0.912 bits per heavy atom. The molecule has 9 nitrogen and oxygen atoms in total. The first-order valence-electron chi connectivity index (χ1n) is 10.9. The first-order chi connectivity index (χ1) is 16.6. The van der Waals surface area contributed by atoms with Crippen molar-refractivity contribution in [3.63, 3.8) is 0 Å². The van der Waals surface area contributed by atoms with Gasteiger partial charge in [-0.2, -0.15) is 10.2 Å². The van der Waals surface area contributed by atoms with Gasteiger partial charge in [0.25, 0.3) is 0 Å². The average Bonchev–Trinajstić information content (AvgIpc) is 3.41. The van der Waals surface area contributed by atoms with Crippen molar-refractivity contribution < 1.29 is 14.2 Å². The molecule has 0 N–H and O–H groups in total. The molecule has 0 saturated heterocycles. The normalized spacial score (nSPS) is 14.4. The van der Waals surface area contributed by atoms with Crippen LogP contribution in [-0.2, 0) is 0 Å². The zero-order chi connectivity index (χ0) is 23.4. The molecule has 2 aromatic carbocycles. The molecule has 0 fully saturated rings. The van der Waals surface area contributed by atoms with E-state index < -0.39 is 0 Å². The summed E-state index contributed by atoms with van der Waals surface area (Å²) in [7, 11) is 3.26. The molecule has 1 atom stereocenters. The van der Waals surface area contributed by atoms with E-state index in [2.05, 4.69) is 10.1 Å². The van der Waals surface area contributed by atoms with Crippen molar-refractivity contribution in [1.29, 1.82) is 0 Å². The first-order valence-corrected chi connectivity index (χ1v) is 10.9. The van der Waals surface area contributed by atoms with Crippen molar-refractivity contribution in [3.8, 4) is 28.9 Å². The smallest absolute Gasteiger partial charge is 0.230 e. The fourth-order valence-corrected chi connectivity index (χ4v) is 4.59. The van der Waals surface area contributed by atoms with E-state index in [4.69, 9.17) is 24.3 Å². The Labute approximate surface area is 195 Å². The van der Waals surface area contributed by atoms with Crippen LogP contribution in [0.4, 0.5) is 0 Å². The van der Waals surface area contributed by atoms with Crippen LogP contribution in [0.3, 0.4) is 0 Å². The third kappa shape index (κ3) is 2.93. The molecule has 1 unspecified atom stereocenters. The maximum Gasteiger partial charge on any atom is 0.230 e. The van der Waals surface area contributed by atoms with E-state index in [-0.39, 0.29) is 5.92 Å². The molecule has 0 saturated carbocycles. The number of hydrogen-bond donors (Lipinski definition) is 0. The number of nitrogens with zero attached hydrogens (tertiary/aromatic N) is 6. The van der Waals surface area contributed by atoms with E-state index >= 15 is 0 Å². The molecule has 3 aromatic heterocycles. The summed E-state index contributed by atoms with van der Waals surface area (Å²) in [6.45, 7) is 3.85. The van der Waals surface area contributed by atoms with Gasteiger partial charge in [0.15, 0.2) is 17.1 Å². The number of benzene rings is 2. The van der Waals surface area contributed by atoms with Gasteiger partial charge in [-0.25, -0.2) is 19.2 Å². The quantitative estimate of drug-likeness (QED) is 0.394. The van der Waals surface area contributed by atoms with Crippen LogP contribution in [0.2, 0.25) is 0 Å². The number of methoxy groups -OCH3 is 2. The van der Waals surface area contributed by atoms with E-state index in [1.807, 2.05) is 67.1 Å². The third-order valence-corrected chi connectivity index (χ3v) is 6.07. The molecule has 0 amide bonds. The van der Waals surface area contributed by atoms with E-state index in [1.165, 1.54) is 0 Å². The van der Waals surface area contributed by atoms with E-state index in [0.717, 1.165) is 28.1 Å². The fraction of sp³-hybridized carbons (Fsp3) is 0.200. The summed E-state index contributed by atoms with van der Waals surface area (Å²) in [5.74, 6) is 2.80. The Balaban J connectivity index is 1.66. The van der Waals surface area contributed by atoms with Gasteiger partial charge in [0.05, 0.1) is 42.6 Å². The van der Waals surface area contributed by atoms with Crippen molar-refractivity contribution in [2.75, 3.05) is 14.2 Å². The molecule has 4 heterocycles. The maximum atomic E-state index is 6.41. The van der Waals surface area contributed by atoms with Crippen LogP contribution >= 0.6 is 0 Å². The van der Waals surface area contributed by atoms with Crippen LogP contribution < -0.4 is 14.2 Å². The van der Waals surface area contributed by atoms with Gasteiger partial charge in [0.1, 0.15) is 12.2 Å². The number of rotatable bonds is 4. The molecule has 6 rings (SSSR count). The zero-order valence-corrected chi connectivity index (χ0v) is 19.2. The van der Waals surface area contributed by atoms with Crippen LogP contribution in [0.1, 0.15) is 34.1 Å². The van der Waals surface area contributed by atoms with Crippen molar-refractivity contribution in [2.24, 2.45) is 0 Å². The van der Waals surface area contributed by atoms with Crippen molar-refractivity contribution in [3.05, 3.63) is 83.1 Å². The number of ether oxygens (including phenoxy) is 3. The lowest BCUT2D eigenvalue weighted by Crippen LogP contribution is -2.16. The van der Waals surface area contributed by atoms with Gasteiger partial charge in [0.2, 0.25) is 11.8 Å². The molecule has 0 spiro atoms. The zero-order valence-electron chi connectivity index (χ0n) is 19.2. The van der Waals surface area contributed by atoms with Gasteiger partial charge in [-0.3, -0.25) is 0 Å². The summed E-state index contributed by atoms with van der Waals surface area (Å²) in [6, 6.07) is 15.8. The Bertz CT molecular complexity index is 1540. The number of hydrogen-bond acceptors (Lipinski definition) is 7. The minimum atomic E-state index is -0.254. The van der Waals surface area contributed by atoms with E-state index in [9.17, 15) is 0 Å². The standard InChI is InChI=1S/C25H22N6O3/c1-14-20-21(16-10-11-18(32-3)19(12-16)33-4)22-23-27-15(2)29-30(23)13-26-24(22)34-25(20)31(28-14)17-8-6-5-7-9-17/h5-13,21H,1-4H3. The van der Waals surface area contributed by atoms with Gasteiger partial charge in [0, 0.05) is 0 Å². The number of fused-ring (bicyclic) bond motifs is 4. The minimum absolute atomic E-state index is 0.254. The summed E-state index contributed by atoms with van der Waals surface area (Å²) in [6.07, 6.45) is 1.63. The summed E-state index contributed by atoms with van der Waals surface area (Å²) in [5, 5.41) is 9.31. The molecule has 0 aliphatic carbocycles. The molecule has 1 aliphatic rings. The second-order valence-corrected chi connectivity index (χ2v) is 8.09. The molecule has 34 heavy (non-hydrogen) atoms. The summed E-state index contributed by atoms with van der Waals surface area (Å²) in [4.78, 5) is 9.29. The first kappa shape index (κ1) is 20.2. The molecular weight excluding hydrogens is 432 g/mol. The van der Waals surface area contributed by atoms with E-state index in [1.54, 1.807) is 25.1 Å². The molecule has 0 radical (unpaired) electrons. The molecule has 9 heteroatoms. The van der Waals surface area contributed by atoms with Crippen LogP contribution in [0, 0.1) is 13.8 Å². The van der Waals surface area contributed by atoms with Crippen molar-refractivity contribution in [2.45, 2.75) is 19.8 Å². The topological polar surface area (TPSA) is 88.6 Å². The lowest BCUT2D eigenvalue weighted by Gasteiger charge is -2.26. The largest absolute Gasteiger partial charge is 0.493 e. The Morgan fingerprint density at radius 2 is 1.71 bits per heavy atom. The maximum absolute atomic E-state index is 6.41. The number of para-hydroxylation sites is 1. The highest BCUT2D eigenvalue weighted by atomic mass is 16.5.